The fraction of sp³-hybridized carbons (Fsp3) is 0.913. The van der Waals surface area contributed by atoms with Gasteiger partial charge in [-0.15, -0.1) is 0 Å². The molecular formula is C23H40N4O2. The first-order chi connectivity index (χ1) is 13.8. The van der Waals surface area contributed by atoms with Gasteiger partial charge < -0.3 is 21.0 Å². The molecule has 0 bridgehead atoms. The molecule has 4 aliphatic carbocycles. The predicted molar refractivity (Wildman–Crippen MR) is 116 cm³/mol. The molecule has 6 heteroatoms. The standard InChI is InChI=1S/C23H40N4O2/c1-22-9-7-17(28)13-15(22)3-5-18-19-6-4-16(23(19,2)10-8-20(18)22)14-27-29-12-11-26-21(24)25/h14-20,28H,3-13H2,1-2H3,(H4,24,25,26)/b27-14+/t15?,16?,17?,18-,19-,20+,22-,23+/m0/s1. The predicted octanol–water partition coefficient (Wildman–Crippen LogP) is 3.49. The summed E-state index contributed by atoms with van der Waals surface area (Å²) in [5.41, 5.74) is 6.07. The van der Waals surface area contributed by atoms with Gasteiger partial charge in [-0.05, 0) is 92.3 Å². The van der Waals surface area contributed by atoms with Crippen LogP contribution in [0, 0.1) is 45.8 Å². The average molecular weight is 405 g/mol. The third-order valence-electron chi connectivity index (χ3n) is 9.54. The van der Waals surface area contributed by atoms with Crippen LogP contribution in [0.15, 0.2) is 5.16 Å². The highest BCUT2D eigenvalue weighted by Gasteiger charge is 2.59. The summed E-state index contributed by atoms with van der Waals surface area (Å²) in [5, 5.41) is 24.4. The normalized spacial score (nSPS) is 46.6. The van der Waals surface area contributed by atoms with Crippen molar-refractivity contribution in [3.63, 3.8) is 0 Å². The number of nitrogens with two attached hydrogens (primary N) is 1. The van der Waals surface area contributed by atoms with Crippen molar-refractivity contribution < 1.29 is 9.94 Å². The van der Waals surface area contributed by atoms with Crippen LogP contribution in [-0.2, 0) is 4.84 Å². The molecule has 4 aliphatic rings. The van der Waals surface area contributed by atoms with Gasteiger partial charge in [0.25, 0.3) is 0 Å². The Hall–Kier alpha value is -1.30. The van der Waals surface area contributed by atoms with Crippen LogP contribution in [0.3, 0.4) is 0 Å². The number of guanidine groups is 1. The summed E-state index contributed by atoms with van der Waals surface area (Å²) >= 11 is 0. The number of nitrogens with zero attached hydrogens (tertiary/aromatic N) is 1. The maximum Gasteiger partial charge on any atom is 0.185 e. The summed E-state index contributed by atoms with van der Waals surface area (Å²) < 4.78 is 0. The van der Waals surface area contributed by atoms with Crippen LogP contribution in [0.2, 0.25) is 0 Å². The van der Waals surface area contributed by atoms with Crippen LogP contribution in [0.5, 0.6) is 0 Å². The molecule has 4 saturated carbocycles. The van der Waals surface area contributed by atoms with Gasteiger partial charge in [0.15, 0.2) is 5.96 Å². The minimum atomic E-state index is -0.0591. The van der Waals surface area contributed by atoms with Crippen LogP contribution in [0.25, 0.3) is 0 Å². The fourth-order valence-electron chi connectivity index (χ4n) is 7.92. The molecule has 29 heavy (non-hydrogen) atoms. The summed E-state index contributed by atoms with van der Waals surface area (Å²) in [5.74, 6) is 3.71. The van der Waals surface area contributed by atoms with Crippen molar-refractivity contribution in [2.45, 2.75) is 77.7 Å². The van der Waals surface area contributed by atoms with Gasteiger partial charge in [0.1, 0.15) is 6.61 Å². The largest absolute Gasteiger partial charge is 0.394 e. The van der Waals surface area contributed by atoms with Crippen LogP contribution < -0.4 is 11.1 Å². The van der Waals surface area contributed by atoms with Gasteiger partial charge in [0.05, 0.1) is 12.6 Å². The number of hydrogen-bond donors (Lipinski definition) is 4. The zero-order chi connectivity index (χ0) is 20.6. The van der Waals surface area contributed by atoms with Crippen molar-refractivity contribution >= 4 is 12.2 Å². The molecule has 5 N–H and O–H groups in total. The molecule has 0 amide bonds. The molecule has 8 atom stereocenters. The third kappa shape index (κ3) is 3.77. The number of aliphatic hydroxyl groups is 1. The topological polar surface area (TPSA) is 104 Å². The van der Waals surface area contributed by atoms with E-state index in [1.807, 2.05) is 0 Å². The van der Waals surface area contributed by atoms with E-state index in [-0.39, 0.29) is 12.1 Å². The van der Waals surface area contributed by atoms with Gasteiger partial charge in [0.2, 0.25) is 0 Å². The second-order valence-electron chi connectivity index (χ2n) is 10.7. The molecule has 4 rings (SSSR count). The number of oxime groups is 1. The van der Waals surface area contributed by atoms with Crippen LogP contribution in [-0.4, -0.2) is 36.5 Å². The molecule has 0 saturated heterocycles. The molecule has 0 aliphatic heterocycles. The van der Waals surface area contributed by atoms with Gasteiger partial charge in [-0.2, -0.15) is 0 Å². The van der Waals surface area contributed by atoms with Crippen molar-refractivity contribution in [3.05, 3.63) is 0 Å². The van der Waals surface area contributed by atoms with E-state index >= 15 is 0 Å². The SMILES string of the molecule is C[C@]12CCC(O)CC1CC[C@@H]1[C@H]2CC[C@]2(C)C(/C=N/OCCNC(=N)N)CC[C@@H]12. The Morgan fingerprint density at radius 1 is 1.14 bits per heavy atom. The second-order valence-corrected chi connectivity index (χ2v) is 10.7. The van der Waals surface area contributed by atoms with Crippen LogP contribution >= 0.6 is 0 Å². The molecular weight excluding hydrogens is 364 g/mol. The molecule has 164 valence electrons. The maximum absolute atomic E-state index is 10.2. The quantitative estimate of drug-likeness (QED) is 0.244. The lowest BCUT2D eigenvalue weighted by atomic mass is 9.45. The monoisotopic (exact) mass is 404 g/mol. The molecule has 0 radical (unpaired) electrons. The lowest BCUT2D eigenvalue weighted by Gasteiger charge is -2.60. The Labute approximate surface area is 175 Å². The van der Waals surface area contributed by atoms with E-state index in [9.17, 15) is 5.11 Å². The van der Waals surface area contributed by atoms with E-state index in [4.69, 9.17) is 16.0 Å². The first-order valence-electron chi connectivity index (χ1n) is 11.8. The van der Waals surface area contributed by atoms with Gasteiger partial charge >= 0.3 is 0 Å². The van der Waals surface area contributed by atoms with Gasteiger partial charge in [-0.3, -0.25) is 5.41 Å². The zero-order valence-corrected chi connectivity index (χ0v) is 18.2. The summed E-state index contributed by atoms with van der Waals surface area (Å²) in [6.45, 7) is 6.00. The Morgan fingerprint density at radius 3 is 2.69 bits per heavy atom. The van der Waals surface area contributed by atoms with Crippen molar-refractivity contribution in [1.29, 1.82) is 5.41 Å². The Balaban J connectivity index is 1.39. The average Bonchev–Trinajstić information content (AvgIpc) is 3.01. The van der Waals surface area contributed by atoms with E-state index in [0.717, 1.165) is 36.5 Å². The van der Waals surface area contributed by atoms with Crippen LogP contribution in [0.1, 0.15) is 71.6 Å². The highest BCUT2D eigenvalue weighted by Crippen LogP contribution is 2.67. The minimum absolute atomic E-state index is 0.0311. The number of rotatable bonds is 5. The van der Waals surface area contributed by atoms with Crippen molar-refractivity contribution in [3.8, 4) is 0 Å². The van der Waals surface area contributed by atoms with Gasteiger partial charge in [-0.1, -0.05) is 19.0 Å². The lowest BCUT2D eigenvalue weighted by molar-refractivity contribution is -0.123. The van der Waals surface area contributed by atoms with E-state index in [1.54, 1.807) is 0 Å². The van der Waals surface area contributed by atoms with Gasteiger partial charge in [0, 0.05) is 12.1 Å². The summed E-state index contributed by atoms with van der Waals surface area (Å²) in [4.78, 5) is 5.41. The van der Waals surface area contributed by atoms with E-state index < -0.39 is 0 Å². The van der Waals surface area contributed by atoms with Crippen LogP contribution in [0.4, 0.5) is 0 Å². The molecule has 0 heterocycles. The molecule has 0 spiro atoms. The Morgan fingerprint density at radius 2 is 1.90 bits per heavy atom. The minimum Gasteiger partial charge on any atom is -0.394 e. The zero-order valence-electron chi connectivity index (χ0n) is 18.2. The summed E-state index contributed by atoms with van der Waals surface area (Å²) in [6, 6.07) is 0. The molecule has 3 unspecified atom stereocenters. The molecule has 4 fully saturated rings. The van der Waals surface area contributed by atoms with E-state index in [1.165, 1.54) is 44.9 Å². The second kappa shape index (κ2) is 8.09. The molecule has 0 aromatic rings. The Bertz CT molecular complexity index is 640. The molecule has 0 aromatic heterocycles. The first kappa shape index (κ1) is 21.0. The maximum atomic E-state index is 10.2. The first-order valence-corrected chi connectivity index (χ1v) is 11.8. The fourth-order valence-corrected chi connectivity index (χ4v) is 7.92. The van der Waals surface area contributed by atoms with Gasteiger partial charge in [-0.25, -0.2) is 0 Å². The van der Waals surface area contributed by atoms with Crippen molar-refractivity contribution in [2.75, 3.05) is 13.2 Å². The third-order valence-corrected chi connectivity index (χ3v) is 9.54. The van der Waals surface area contributed by atoms with E-state index in [2.05, 4.69) is 30.5 Å². The molecule has 0 aromatic carbocycles. The Kier molecular flexibility index (Phi) is 5.84. The number of hydrogen-bond acceptors (Lipinski definition) is 4. The molecule has 6 nitrogen and oxygen atoms in total. The smallest absolute Gasteiger partial charge is 0.185 e. The van der Waals surface area contributed by atoms with Crippen molar-refractivity contribution in [2.24, 2.45) is 51.3 Å². The lowest BCUT2D eigenvalue weighted by Crippen LogP contribution is -2.54. The summed E-state index contributed by atoms with van der Waals surface area (Å²) in [6.07, 6.45) is 13.1. The van der Waals surface area contributed by atoms with E-state index in [0.29, 0.717) is 29.9 Å². The highest BCUT2D eigenvalue weighted by molar-refractivity contribution is 5.74. The summed E-state index contributed by atoms with van der Waals surface area (Å²) in [7, 11) is 0. The number of nitrogens with one attached hydrogen (secondary N) is 2. The van der Waals surface area contributed by atoms with Crippen molar-refractivity contribution in [1.82, 2.24) is 5.32 Å². The number of aliphatic hydroxyl groups excluding tert-OH is 1. The number of fused-ring (bicyclic) bond motifs is 5. The highest BCUT2D eigenvalue weighted by atomic mass is 16.6.